The topological polar surface area (TPSA) is 39.2 Å². The van der Waals surface area contributed by atoms with Crippen molar-refractivity contribution in [1.29, 1.82) is 0 Å². The molecule has 1 aromatic rings. The summed E-state index contributed by atoms with van der Waals surface area (Å²) in [5.74, 6) is 0.791. The first-order chi connectivity index (χ1) is 12.8. The number of carbonyl (C=O) groups is 1. The van der Waals surface area contributed by atoms with Gasteiger partial charge in [-0.25, -0.2) is 0 Å². The number of fused-ring (bicyclic) bond motifs is 2. The Morgan fingerprint density at radius 3 is 2.35 bits per heavy atom. The highest BCUT2D eigenvalue weighted by molar-refractivity contribution is 5.72. The lowest BCUT2D eigenvalue weighted by molar-refractivity contribution is -0.123. The van der Waals surface area contributed by atoms with E-state index in [9.17, 15) is 4.79 Å². The van der Waals surface area contributed by atoms with Crippen molar-refractivity contribution in [2.75, 3.05) is 19.8 Å². The van der Waals surface area contributed by atoms with Crippen molar-refractivity contribution in [2.24, 2.45) is 4.99 Å². The van der Waals surface area contributed by atoms with Gasteiger partial charge in [0, 0.05) is 37.6 Å². The standard InChI is InChI=1S/C21H26N4O/c26-15-25-19-8-9-20(25)13-23(12-19)14-24-11-1-10-22-21(24)18-6-4-17(5-7-18)16-2-3-16/h1,4-7,10-11,15-16,19-21H,2-3,8-9,12-14H2. The number of nitrogens with zero attached hydrogens (tertiary/aromatic N) is 4. The Labute approximate surface area is 155 Å². The molecule has 1 saturated carbocycles. The number of likely N-dealkylation sites (tertiary alicyclic amines) is 1. The number of benzene rings is 1. The van der Waals surface area contributed by atoms with E-state index < -0.39 is 0 Å². The number of piperazine rings is 1. The predicted molar refractivity (Wildman–Crippen MR) is 102 cm³/mol. The molecule has 1 aliphatic carbocycles. The molecule has 0 spiro atoms. The highest BCUT2D eigenvalue weighted by Gasteiger charge is 2.39. The maximum Gasteiger partial charge on any atom is 0.210 e. The van der Waals surface area contributed by atoms with Gasteiger partial charge in [0.2, 0.25) is 6.41 Å². The maximum absolute atomic E-state index is 11.3. The van der Waals surface area contributed by atoms with Crippen molar-refractivity contribution in [2.45, 2.75) is 49.9 Å². The van der Waals surface area contributed by atoms with Crippen LogP contribution in [0.3, 0.4) is 0 Å². The maximum atomic E-state index is 11.3. The van der Waals surface area contributed by atoms with E-state index in [1.54, 1.807) is 0 Å². The Morgan fingerprint density at radius 1 is 1.00 bits per heavy atom. The largest absolute Gasteiger partial charge is 0.339 e. The van der Waals surface area contributed by atoms with Crippen LogP contribution in [0.4, 0.5) is 0 Å². The van der Waals surface area contributed by atoms with Gasteiger partial charge in [-0.15, -0.1) is 0 Å². The third kappa shape index (κ3) is 2.94. The number of carbonyl (C=O) groups excluding carboxylic acids is 1. The summed E-state index contributed by atoms with van der Waals surface area (Å²) in [5.41, 5.74) is 2.72. The van der Waals surface area contributed by atoms with E-state index >= 15 is 0 Å². The normalized spacial score (nSPS) is 30.8. The Hall–Kier alpha value is -2.14. The minimum absolute atomic E-state index is 0.0509. The Morgan fingerprint density at radius 2 is 1.69 bits per heavy atom. The van der Waals surface area contributed by atoms with E-state index in [0.29, 0.717) is 12.1 Å². The van der Waals surface area contributed by atoms with Crippen LogP contribution in [0.1, 0.15) is 48.9 Å². The van der Waals surface area contributed by atoms with Gasteiger partial charge in [-0.05, 0) is 48.8 Å². The van der Waals surface area contributed by atoms with Crippen molar-refractivity contribution in [3.05, 3.63) is 47.7 Å². The molecule has 5 rings (SSSR count). The van der Waals surface area contributed by atoms with E-state index in [1.165, 1.54) is 24.0 Å². The Balaban J connectivity index is 1.29. The number of aliphatic imine (C=N–C) groups is 1. The van der Waals surface area contributed by atoms with Gasteiger partial charge in [0.15, 0.2) is 0 Å². The molecule has 3 unspecified atom stereocenters. The Kier molecular flexibility index (Phi) is 4.04. The number of hydrogen-bond acceptors (Lipinski definition) is 4. The quantitative estimate of drug-likeness (QED) is 0.767. The molecular weight excluding hydrogens is 324 g/mol. The molecule has 136 valence electrons. The van der Waals surface area contributed by atoms with E-state index in [4.69, 9.17) is 4.99 Å². The van der Waals surface area contributed by atoms with Crippen LogP contribution >= 0.6 is 0 Å². The summed E-state index contributed by atoms with van der Waals surface area (Å²) in [6.45, 7) is 2.80. The second-order valence-corrected chi connectivity index (χ2v) is 8.08. The minimum Gasteiger partial charge on any atom is -0.339 e. The number of rotatable bonds is 5. The highest BCUT2D eigenvalue weighted by Crippen LogP contribution is 2.40. The van der Waals surface area contributed by atoms with E-state index in [-0.39, 0.29) is 6.17 Å². The first-order valence-electron chi connectivity index (χ1n) is 9.82. The zero-order valence-electron chi connectivity index (χ0n) is 15.1. The highest BCUT2D eigenvalue weighted by atomic mass is 16.1. The Bertz CT molecular complexity index is 710. The lowest BCUT2D eigenvalue weighted by Crippen LogP contribution is -2.55. The van der Waals surface area contributed by atoms with Crippen LogP contribution in [-0.2, 0) is 4.79 Å². The number of allylic oxidation sites excluding steroid dienone is 1. The molecule has 3 aliphatic heterocycles. The summed E-state index contributed by atoms with van der Waals surface area (Å²) >= 11 is 0. The molecule has 26 heavy (non-hydrogen) atoms. The summed E-state index contributed by atoms with van der Waals surface area (Å²) in [6, 6.07) is 9.83. The predicted octanol–water partition coefficient (Wildman–Crippen LogP) is 2.73. The van der Waals surface area contributed by atoms with Crippen LogP contribution in [0.25, 0.3) is 0 Å². The van der Waals surface area contributed by atoms with Gasteiger partial charge >= 0.3 is 0 Å². The SMILES string of the molecule is O=CN1C2CCC1CN(CN1C=CC=NC1c1ccc(C3CC3)cc1)C2. The van der Waals surface area contributed by atoms with Crippen LogP contribution in [-0.4, -0.2) is 59.2 Å². The third-order valence-electron chi connectivity index (χ3n) is 6.29. The molecule has 0 aromatic heterocycles. The van der Waals surface area contributed by atoms with Gasteiger partial charge in [0.05, 0.1) is 6.67 Å². The van der Waals surface area contributed by atoms with E-state index in [0.717, 1.165) is 44.9 Å². The average molecular weight is 350 g/mol. The molecule has 5 heteroatoms. The monoisotopic (exact) mass is 350 g/mol. The molecule has 1 amide bonds. The van der Waals surface area contributed by atoms with Crippen LogP contribution in [0.2, 0.25) is 0 Å². The zero-order chi connectivity index (χ0) is 17.5. The molecule has 3 atom stereocenters. The average Bonchev–Trinajstić information content (AvgIpc) is 3.48. The fourth-order valence-electron chi connectivity index (χ4n) is 4.75. The van der Waals surface area contributed by atoms with E-state index in [2.05, 4.69) is 40.3 Å². The van der Waals surface area contributed by atoms with Gasteiger partial charge < -0.3 is 9.80 Å². The lowest BCUT2D eigenvalue weighted by atomic mass is 10.1. The van der Waals surface area contributed by atoms with Gasteiger partial charge in [0.1, 0.15) is 6.17 Å². The van der Waals surface area contributed by atoms with Crippen molar-refractivity contribution < 1.29 is 4.79 Å². The van der Waals surface area contributed by atoms with Gasteiger partial charge in [0.25, 0.3) is 0 Å². The second-order valence-electron chi connectivity index (χ2n) is 8.08. The van der Waals surface area contributed by atoms with Gasteiger partial charge in [-0.2, -0.15) is 0 Å². The third-order valence-corrected chi connectivity index (χ3v) is 6.29. The summed E-state index contributed by atoms with van der Waals surface area (Å²) in [4.78, 5) is 22.9. The zero-order valence-corrected chi connectivity index (χ0v) is 15.1. The van der Waals surface area contributed by atoms with Crippen molar-refractivity contribution in [3.63, 3.8) is 0 Å². The second kappa shape index (κ2) is 6.54. The fourth-order valence-corrected chi connectivity index (χ4v) is 4.75. The smallest absolute Gasteiger partial charge is 0.210 e. The van der Waals surface area contributed by atoms with Crippen LogP contribution in [0.15, 0.2) is 41.5 Å². The summed E-state index contributed by atoms with van der Waals surface area (Å²) in [6.07, 6.45) is 12.1. The van der Waals surface area contributed by atoms with Crippen LogP contribution in [0.5, 0.6) is 0 Å². The summed E-state index contributed by atoms with van der Waals surface area (Å²) in [7, 11) is 0. The molecule has 3 fully saturated rings. The number of hydrogen-bond donors (Lipinski definition) is 0. The van der Waals surface area contributed by atoms with E-state index in [1.807, 2.05) is 17.2 Å². The molecule has 4 aliphatic rings. The van der Waals surface area contributed by atoms with Crippen molar-refractivity contribution >= 4 is 12.6 Å². The summed E-state index contributed by atoms with van der Waals surface area (Å²) in [5, 5.41) is 0. The first kappa shape index (κ1) is 16.1. The molecule has 0 N–H and O–H groups in total. The summed E-state index contributed by atoms with van der Waals surface area (Å²) < 4.78 is 0. The van der Waals surface area contributed by atoms with Crippen molar-refractivity contribution in [1.82, 2.24) is 14.7 Å². The molecule has 5 nitrogen and oxygen atoms in total. The van der Waals surface area contributed by atoms with Gasteiger partial charge in [-0.1, -0.05) is 24.3 Å². The fraction of sp³-hybridized carbons (Fsp3) is 0.524. The minimum atomic E-state index is 0.0509. The van der Waals surface area contributed by atoms with Crippen LogP contribution < -0.4 is 0 Å². The van der Waals surface area contributed by atoms with Gasteiger partial charge in [-0.3, -0.25) is 14.7 Å². The molecule has 3 heterocycles. The molecule has 0 radical (unpaired) electrons. The first-order valence-corrected chi connectivity index (χ1v) is 9.82. The molecular formula is C21H26N4O. The molecule has 2 bridgehead atoms. The lowest BCUT2D eigenvalue weighted by Gasteiger charge is -2.42. The number of amides is 1. The van der Waals surface area contributed by atoms with Crippen molar-refractivity contribution in [3.8, 4) is 0 Å². The molecule has 1 aromatic carbocycles. The van der Waals surface area contributed by atoms with Crippen LogP contribution in [0, 0.1) is 0 Å². The molecule has 2 saturated heterocycles.